The molecule has 230 valence electrons. The van der Waals surface area contributed by atoms with Crippen LogP contribution in [-0.2, 0) is 19.1 Å². The van der Waals surface area contributed by atoms with Crippen molar-refractivity contribution in [2.75, 3.05) is 77.3 Å². The summed E-state index contributed by atoms with van der Waals surface area (Å²) >= 11 is 0. The van der Waals surface area contributed by atoms with E-state index in [1.165, 1.54) is 0 Å². The van der Waals surface area contributed by atoms with Gasteiger partial charge in [-0.2, -0.15) is 0 Å². The molecule has 3 aliphatic heterocycles. The van der Waals surface area contributed by atoms with Gasteiger partial charge in [0.25, 0.3) is 0 Å². The summed E-state index contributed by atoms with van der Waals surface area (Å²) < 4.78 is 5.74. The third kappa shape index (κ3) is 8.77. The van der Waals surface area contributed by atoms with Gasteiger partial charge in [0.15, 0.2) is 0 Å². The second-order valence-corrected chi connectivity index (χ2v) is 11.4. The third-order valence-electron chi connectivity index (χ3n) is 8.34. The van der Waals surface area contributed by atoms with Crippen LogP contribution in [0, 0.1) is 0 Å². The molecule has 0 saturated carbocycles. The number of nitrogens with zero attached hydrogens (tertiary/aromatic N) is 4. The minimum atomic E-state index is -0.442. The van der Waals surface area contributed by atoms with E-state index < -0.39 is 6.09 Å². The summed E-state index contributed by atoms with van der Waals surface area (Å²) in [5.74, 6) is 0.00963. The Morgan fingerprint density at radius 1 is 0.767 bits per heavy atom. The molecule has 2 N–H and O–H groups in total. The number of rotatable bonds is 11. The lowest BCUT2D eigenvalue weighted by atomic mass is 10.0. The van der Waals surface area contributed by atoms with Gasteiger partial charge in [0, 0.05) is 51.4 Å². The number of piperidine rings is 1. The SMILES string of the molecule is O=C1CN(CCCN2CC(=O)N(CCCN3CCC(OC(=O)Nc4ccccc4-c4ccccc4)CC3)CC2=O)CCN1. The van der Waals surface area contributed by atoms with Crippen LogP contribution in [-0.4, -0.2) is 122 Å². The summed E-state index contributed by atoms with van der Waals surface area (Å²) in [6, 6.07) is 17.6. The number of carbonyl (C=O) groups excluding carboxylic acids is 4. The van der Waals surface area contributed by atoms with Crippen LogP contribution >= 0.6 is 0 Å². The molecule has 3 heterocycles. The highest BCUT2D eigenvalue weighted by Crippen LogP contribution is 2.28. The zero-order chi connectivity index (χ0) is 30.0. The van der Waals surface area contributed by atoms with E-state index in [9.17, 15) is 19.2 Å². The Bertz CT molecular complexity index is 1270. The molecule has 0 aromatic heterocycles. The number of carbonyl (C=O) groups is 4. The third-order valence-corrected chi connectivity index (χ3v) is 8.34. The van der Waals surface area contributed by atoms with Crippen LogP contribution in [0.2, 0.25) is 0 Å². The molecule has 0 atom stereocenters. The molecule has 0 radical (unpaired) electrons. The number of hydrogen-bond acceptors (Lipinski definition) is 7. The highest BCUT2D eigenvalue weighted by atomic mass is 16.6. The Balaban J connectivity index is 0.968. The monoisotopic (exact) mass is 590 g/mol. The number of para-hydroxylation sites is 1. The van der Waals surface area contributed by atoms with E-state index >= 15 is 0 Å². The van der Waals surface area contributed by atoms with Gasteiger partial charge in [-0.1, -0.05) is 48.5 Å². The Kier molecular flexibility index (Phi) is 10.6. The van der Waals surface area contributed by atoms with E-state index in [0.717, 1.165) is 75.2 Å². The lowest BCUT2D eigenvalue weighted by Crippen LogP contribution is -2.54. The molecule has 0 bridgehead atoms. The van der Waals surface area contributed by atoms with Gasteiger partial charge in [-0.15, -0.1) is 0 Å². The highest BCUT2D eigenvalue weighted by molar-refractivity contribution is 5.93. The molecule has 4 amide bonds. The van der Waals surface area contributed by atoms with Crippen LogP contribution in [0.3, 0.4) is 0 Å². The van der Waals surface area contributed by atoms with Gasteiger partial charge in [-0.3, -0.25) is 24.6 Å². The fraction of sp³-hybridized carbons (Fsp3) is 0.500. The summed E-state index contributed by atoms with van der Waals surface area (Å²) in [5.41, 5.74) is 2.69. The number of piperazine rings is 2. The maximum absolute atomic E-state index is 12.7. The molecule has 11 heteroatoms. The van der Waals surface area contributed by atoms with E-state index in [1.807, 2.05) is 54.6 Å². The lowest BCUT2D eigenvalue weighted by Gasteiger charge is -2.35. The van der Waals surface area contributed by atoms with Gasteiger partial charge >= 0.3 is 6.09 Å². The number of benzene rings is 2. The number of likely N-dealkylation sites (tertiary alicyclic amines) is 1. The molecule has 2 aromatic carbocycles. The molecule has 3 aliphatic rings. The van der Waals surface area contributed by atoms with Gasteiger partial charge in [-0.05, 0) is 43.9 Å². The normalized spacial score (nSPS) is 18.9. The van der Waals surface area contributed by atoms with Gasteiger partial charge in [0.2, 0.25) is 17.7 Å². The molecule has 0 spiro atoms. The van der Waals surface area contributed by atoms with Crippen LogP contribution in [0.4, 0.5) is 10.5 Å². The standard InChI is InChI=1S/C32H42N6O5/c39-29-22-36(21-14-33-29)16-7-18-38-24-30(40)37(23-31(38)41)17-6-15-35-19-12-26(13-20-35)43-32(42)34-28-11-5-4-10-27(28)25-8-2-1-3-9-25/h1-5,8-11,26H,6-7,12-24H2,(H,33,39)(H,34,42). The number of amides is 4. The molecular weight excluding hydrogens is 548 g/mol. The van der Waals surface area contributed by atoms with Gasteiger partial charge in [-0.25, -0.2) is 4.79 Å². The van der Waals surface area contributed by atoms with E-state index in [4.69, 9.17) is 4.74 Å². The van der Waals surface area contributed by atoms with Crippen molar-refractivity contribution in [1.82, 2.24) is 24.9 Å². The molecular formula is C32H42N6O5. The molecule has 3 fully saturated rings. The summed E-state index contributed by atoms with van der Waals surface area (Å²) in [5, 5.41) is 5.73. The quantitative estimate of drug-likeness (QED) is 0.413. The van der Waals surface area contributed by atoms with Crippen LogP contribution in [0.25, 0.3) is 11.1 Å². The predicted molar refractivity (Wildman–Crippen MR) is 163 cm³/mol. The smallest absolute Gasteiger partial charge is 0.411 e. The average molecular weight is 591 g/mol. The first-order chi connectivity index (χ1) is 20.9. The Hall–Kier alpha value is -3.96. The van der Waals surface area contributed by atoms with Crippen molar-refractivity contribution in [3.8, 4) is 11.1 Å². The molecule has 43 heavy (non-hydrogen) atoms. The number of nitrogens with one attached hydrogen (secondary N) is 2. The average Bonchev–Trinajstić information content (AvgIpc) is 3.01. The van der Waals surface area contributed by atoms with Gasteiger partial charge < -0.3 is 24.8 Å². The molecule has 11 nitrogen and oxygen atoms in total. The summed E-state index contributed by atoms with van der Waals surface area (Å²) in [4.78, 5) is 57.3. The van der Waals surface area contributed by atoms with Crippen LogP contribution < -0.4 is 10.6 Å². The van der Waals surface area contributed by atoms with Crippen molar-refractivity contribution < 1.29 is 23.9 Å². The first kappa shape index (κ1) is 30.5. The lowest BCUT2D eigenvalue weighted by molar-refractivity contribution is -0.150. The van der Waals surface area contributed by atoms with Gasteiger partial charge in [0.1, 0.15) is 6.10 Å². The van der Waals surface area contributed by atoms with Crippen molar-refractivity contribution >= 4 is 29.5 Å². The van der Waals surface area contributed by atoms with E-state index in [1.54, 1.807) is 9.80 Å². The molecule has 0 aliphatic carbocycles. The van der Waals surface area contributed by atoms with E-state index in [0.29, 0.717) is 26.2 Å². The second kappa shape index (κ2) is 15.0. The summed E-state index contributed by atoms with van der Waals surface area (Å²) in [6.45, 7) is 6.41. The second-order valence-electron chi connectivity index (χ2n) is 11.4. The predicted octanol–water partition coefficient (Wildman–Crippen LogP) is 2.25. The largest absolute Gasteiger partial charge is 0.446 e. The Labute approximate surface area is 253 Å². The van der Waals surface area contributed by atoms with E-state index in [2.05, 4.69) is 20.4 Å². The number of ether oxygens (including phenoxy) is 1. The van der Waals surface area contributed by atoms with Crippen molar-refractivity contribution in [3.05, 3.63) is 54.6 Å². The maximum Gasteiger partial charge on any atom is 0.411 e. The minimum Gasteiger partial charge on any atom is -0.446 e. The van der Waals surface area contributed by atoms with Crippen LogP contribution in [0.5, 0.6) is 0 Å². The summed E-state index contributed by atoms with van der Waals surface area (Å²) in [6.07, 6.45) is 2.47. The van der Waals surface area contributed by atoms with Gasteiger partial charge in [0.05, 0.1) is 25.3 Å². The van der Waals surface area contributed by atoms with Crippen LogP contribution in [0.1, 0.15) is 25.7 Å². The Morgan fingerprint density at radius 2 is 1.40 bits per heavy atom. The molecule has 3 saturated heterocycles. The Morgan fingerprint density at radius 3 is 2.07 bits per heavy atom. The van der Waals surface area contributed by atoms with Crippen molar-refractivity contribution in [3.63, 3.8) is 0 Å². The zero-order valence-electron chi connectivity index (χ0n) is 24.7. The molecule has 5 rings (SSSR count). The molecule has 2 aromatic rings. The minimum absolute atomic E-state index is 0.0103. The fourth-order valence-electron chi connectivity index (χ4n) is 5.97. The fourth-order valence-corrected chi connectivity index (χ4v) is 5.97. The highest BCUT2D eigenvalue weighted by Gasteiger charge is 2.30. The number of anilines is 1. The van der Waals surface area contributed by atoms with Crippen molar-refractivity contribution in [1.29, 1.82) is 0 Å². The summed E-state index contributed by atoms with van der Waals surface area (Å²) in [7, 11) is 0. The first-order valence-electron chi connectivity index (χ1n) is 15.3. The van der Waals surface area contributed by atoms with Crippen molar-refractivity contribution in [2.45, 2.75) is 31.8 Å². The first-order valence-corrected chi connectivity index (χ1v) is 15.3. The molecule has 0 unspecified atom stereocenters. The van der Waals surface area contributed by atoms with E-state index in [-0.39, 0.29) is 36.9 Å². The zero-order valence-corrected chi connectivity index (χ0v) is 24.7. The van der Waals surface area contributed by atoms with Crippen molar-refractivity contribution in [2.24, 2.45) is 0 Å². The number of hydrogen-bond donors (Lipinski definition) is 2. The van der Waals surface area contributed by atoms with Crippen LogP contribution in [0.15, 0.2) is 54.6 Å². The topological polar surface area (TPSA) is 115 Å². The maximum atomic E-state index is 12.7.